The van der Waals surface area contributed by atoms with Crippen LogP contribution < -0.4 is 0 Å². The highest BCUT2D eigenvalue weighted by atomic mass is 15.1. The van der Waals surface area contributed by atoms with E-state index in [0.29, 0.717) is 6.04 Å². The number of benzene rings is 1. The Bertz CT molecular complexity index is 521. The fraction of sp³-hybridized carbons (Fsp3) is 0.500. The van der Waals surface area contributed by atoms with Crippen molar-refractivity contribution in [2.45, 2.75) is 39.7 Å². The smallest absolute Gasteiger partial charge is 0.0458 e. The number of hydrogen-bond acceptors (Lipinski definition) is 1. The fourth-order valence-electron chi connectivity index (χ4n) is 3.04. The molecule has 0 spiro atoms. The van der Waals surface area contributed by atoms with Gasteiger partial charge >= 0.3 is 0 Å². The minimum Gasteiger partial charge on any atom is -0.359 e. The molecule has 2 heteroatoms. The van der Waals surface area contributed by atoms with Crippen molar-refractivity contribution < 1.29 is 0 Å². The van der Waals surface area contributed by atoms with E-state index in [9.17, 15) is 0 Å². The summed E-state index contributed by atoms with van der Waals surface area (Å²) in [4.78, 5) is 6.03. The Balaban J connectivity index is 1.97. The Kier molecular flexibility index (Phi) is 2.90. The van der Waals surface area contributed by atoms with Gasteiger partial charge in [-0.25, -0.2) is 0 Å². The molecule has 0 radical (unpaired) electrons. The van der Waals surface area contributed by atoms with Gasteiger partial charge in [0.05, 0.1) is 0 Å². The maximum atomic E-state index is 3.45. The summed E-state index contributed by atoms with van der Waals surface area (Å²) in [6.45, 7) is 9.11. The zero-order valence-electron chi connectivity index (χ0n) is 11.6. The number of hydrogen-bond donors (Lipinski definition) is 1. The van der Waals surface area contributed by atoms with Crippen molar-refractivity contribution in [3.8, 4) is 0 Å². The van der Waals surface area contributed by atoms with Gasteiger partial charge in [0.1, 0.15) is 0 Å². The third kappa shape index (κ3) is 2.05. The third-order valence-corrected chi connectivity index (χ3v) is 4.14. The molecule has 1 N–H and O–H groups in total. The van der Waals surface area contributed by atoms with Crippen LogP contribution in [0, 0.1) is 6.92 Å². The van der Waals surface area contributed by atoms with Crippen molar-refractivity contribution in [1.82, 2.24) is 9.88 Å². The molecule has 0 unspecified atom stereocenters. The lowest BCUT2D eigenvalue weighted by molar-refractivity contribution is 0.233. The third-order valence-electron chi connectivity index (χ3n) is 4.14. The molecule has 1 aromatic carbocycles. The first-order valence-corrected chi connectivity index (χ1v) is 6.98. The lowest BCUT2D eigenvalue weighted by atomic mass is 10.0. The van der Waals surface area contributed by atoms with Crippen LogP contribution in [0.1, 0.15) is 30.7 Å². The summed E-state index contributed by atoms with van der Waals surface area (Å²) < 4.78 is 0. The summed E-state index contributed by atoms with van der Waals surface area (Å²) in [6, 6.07) is 7.66. The topological polar surface area (TPSA) is 19.0 Å². The molecule has 2 aromatic rings. The summed E-state index contributed by atoms with van der Waals surface area (Å²) in [5, 5.41) is 1.37. The lowest BCUT2D eigenvalue weighted by Gasteiger charge is -2.23. The highest BCUT2D eigenvalue weighted by Crippen LogP contribution is 2.24. The van der Waals surface area contributed by atoms with Crippen LogP contribution in [-0.2, 0) is 12.8 Å². The Morgan fingerprint density at radius 1 is 1.06 bits per heavy atom. The molecule has 0 amide bonds. The molecule has 1 aromatic heterocycles. The van der Waals surface area contributed by atoms with E-state index in [4.69, 9.17) is 0 Å². The first-order valence-electron chi connectivity index (χ1n) is 6.98. The molecule has 1 aliphatic heterocycles. The zero-order valence-corrected chi connectivity index (χ0v) is 11.6. The van der Waals surface area contributed by atoms with Gasteiger partial charge in [-0.15, -0.1) is 0 Å². The van der Waals surface area contributed by atoms with Gasteiger partial charge in [-0.1, -0.05) is 0 Å². The predicted octanol–water partition coefficient (Wildman–Crippen LogP) is 3.29. The number of nitrogens with one attached hydrogen (secondary N) is 1. The summed E-state index contributed by atoms with van der Waals surface area (Å²) >= 11 is 0. The van der Waals surface area contributed by atoms with E-state index in [2.05, 4.69) is 48.9 Å². The maximum absolute atomic E-state index is 3.45. The molecule has 0 bridgehead atoms. The number of aryl methyl sites for hydroxylation is 1. The fourth-order valence-corrected chi connectivity index (χ4v) is 3.04. The first kappa shape index (κ1) is 11.8. The molecule has 0 saturated heterocycles. The minimum absolute atomic E-state index is 0.659. The molecule has 2 heterocycles. The predicted molar refractivity (Wildman–Crippen MR) is 77.2 cm³/mol. The van der Waals surface area contributed by atoms with Crippen LogP contribution in [0.3, 0.4) is 0 Å². The number of aromatic amines is 1. The first-order chi connectivity index (χ1) is 8.63. The van der Waals surface area contributed by atoms with Gasteiger partial charge < -0.3 is 9.88 Å². The Morgan fingerprint density at radius 2 is 1.72 bits per heavy atom. The van der Waals surface area contributed by atoms with Crippen molar-refractivity contribution >= 4 is 10.9 Å². The second-order valence-electron chi connectivity index (χ2n) is 5.79. The molecule has 96 valence electrons. The van der Waals surface area contributed by atoms with Crippen LogP contribution in [0.5, 0.6) is 0 Å². The molecule has 3 rings (SSSR count). The van der Waals surface area contributed by atoms with Crippen molar-refractivity contribution in [2.75, 3.05) is 13.1 Å². The summed E-state index contributed by atoms with van der Waals surface area (Å²) in [5.74, 6) is 0. The second kappa shape index (κ2) is 4.43. The van der Waals surface area contributed by atoms with Gasteiger partial charge in [-0.2, -0.15) is 0 Å². The number of fused-ring (bicyclic) bond motifs is 2. The van der Waals surface area contributed by atoms with E-state index in [-0.39, 0.29) is 0 Å². The molecule has 0 atom stereocenters. The zero-order chi connectivity index (χ0) is 12.7. The standard InChI is InChI=1S/C16H22N2/c1-11(2)18-6-4-13-9-15-8-12(3)17-16(15)10-14(13)5-7-18/h8-11,17H,4-7H2,1-3H3. The number of nitrogens with zero attached hydrogens (tertiary/aromatic N) is 1. The SMILES string of the molecule is Cc1cc2cc3c(cc2[nH]1)CCN(C(C)C)CC3. The quantitative estimate of drug-likeness (QED) is 0.813. The van der Waals surface area contributed by atoms with E-state index in [1.54, 1.807) is 5.56 Å². The molecule has 1 aliphatic rings. The highest BCUT2D eigenvalue weighted by Gasteiger charge is 2.16. The molecule has 0 aliphatic carbocycles. The summed E-state index contributed by atoms with van der Waals surface area (Å²) in [6.07, 6.45) is 2.37. The van der Waals surface area contributed by atoms with Crippen LogP contribution in [0.25, 0.3) is 10.9 Å². The average Bonchev–Trinajstić information content (AvgIpc) is 2.54. The Morgan fingerprint density at radius 3 is 2.39 bits per heavy atom. The van der Waals surface area contributed by atoms with Gasteiger partial charge in [-0.3, -0.25) is 0 Å². The van der Waals surface area contributed by atoms with Crippen LogP contribution in [0.2, 0.25) is 0 Å². The molecule has 0 saturated carbocycles. The molecular formula is C16H22N2. The minimum atomic E-state index is 0.659. The van der Waals surface area contributed by atoms with Gasteiger partial charge in [0.2, 0.25) is 0 Å². The van der Waals surface area contributed by atoms with E-state index >= 15 is 0 Å². The molecular weight excluding hydrogens is 220 g/mol. The van der Waals surface area contributed by atoms with Crippen LogP contribution in [0.4, 0.5) is 0 Å². The van der Waals surface area contributed by atoms with Gasteiger partial charge in [0.25, 0.3) is 0 Å². The number of H-pyrrole nitrogens is 1. The van der Waals surface area contributed by atoms with Gasteiger partial charge in [0.15, 0.2) is 0 Å². The average molecular weight is 242 g/mol. The Labute approximate surface area is 109 Å². The van der Waals surface area contributed by atoms with Crippen molar-refractivity contribution in [3.05, 3.63) is 35.0 Å². The van der Waals surface area contributed by atoms with Crippen LogP contribution in [-0.4, -0.2) is 29.0 Å². The van der Waals surface area contributed by atoms with Crippen molar-refractivity contribution in [2.24, 2.45) is 0 Å². The van der Waals surface area contributed by atoms with E-state index in [0.717, 1.165) is 0 Å². The largest absolute Gasteiger partial charge is 0.359 e. The van der Waals surface area contributed by atoms with E-state index < -0.39 is 0 Å². The van der Waals surface area contributed by atoms with Crippen molar-refractivity contribution in [3.63, 3.8) is 0 Å². The summed E-state index contributed by atoms with van der Waals surface area (Å²) in [7, 11) is 0. The number of aromatic nitrogens is 1. The number of rotatable bonds is 1. The highest BCUT2D eigenvalue weighted by molar-refractivity contribution is 5.82. The van der Waals surface area contributed by atoms with Crippen LogP contribution in [0.15, 0.2) is 18.2 Å². The van der Waals surface area contributed by atoms with Crippen LogP contribution >= 0.6 is 0 Å². The molecule has 2 nitrogen and oxygen atoms in total. The monoisotopic (exact) mass is 242 g/mol. The van der Waals surface area contributed by atoms with E-state index in [1.807, 2.05) is 0 Å². The summed E-state index contributed by atoms with van der Waals surface area (Å²) in [5.41, 5.74) is 5.63. The second-order valence-corrected chi connectivity index (χ2v) is 5.79. The normalized spacial score (nSPS) is 17.1. The molecule has 0 fully saturated rings. The van der Waals surface area contributed by atoms with Crippen molar-refractivity contribution in [1.29, 1.82) is 0 Å². The maximum Gasteiger partial charge on any atom is 0.0458 e. The van der Waals surface area contributed by atoms with Gasteiger partial charge in [-0.05, 0) is 68.3 Å². The van der Waals surface area contributed by atoms with Gasteiger partial charge in [0, 0.05) is 30.3 Å². The Hall–Kier alpha value is -1.28. The van der Waals surface area contributed by atoms with E-state index in [1.165, 1.54) is 48.1 Å². The lowest BCUT2D eigenvalue weighted by Crippen LogP contribution is -2.32. The molecule has 18 heavy (non-hydrogen) atoms.